The van der Waals surface area contributed by atoms with Gasteiger partial charge in [-0.05, 0) is 36.6 Å². The molecule has 0 spiro atoms. The number of nitrogens with zero attached hydrogens (tertiary/aromatic N) is 4. The van der Waals surface area contributed by atoms with Gasteiger partial charge in [0.05, 0.1) is 24.1 Å². The van der Waals surface area contributed by atoms with E-state index in [1.165, 1.54) is 0 Å². The molecular formula is C19H18N4O2. The minimum absolute atomic E-state index is 0.159. The van der Waals surface area contributed by atoms with Gasteiger partial charge >= 0.3 is 0 Å². The van der Waals surface area contributed by atoms with Gasteiger partial charge in [0.25, 0.3) is 5.95 Å². The molecule has 0 bridgehead atoms. The summed E-state index contributed by atoms with van der Waals surface area (Å²) >= 11 is 0. The van der Waals surface area contributed by atoms with Crippen molar-refractivity contribution in [2.75, 3.05) is 7.11 Å². The molecule has 25 heavy (non-hydrogen) atoms. The number of carbonyl (C=O) groups is 1. The fraction of sp³-hybridized carbons (Fsp3) is 0.263. The van der Waals surface area contributed by atoms with Gasteiger partial charge in [-0.2, -0.15) is 5.10 Å². The van der Waals surface area contributed by atoms with Crippen LogP contribution in [0.3, 0.4) is 0 Å². The van der Waals surface area contributed by atoms with E-state index in [1.54, 1.807) is 30.3 Å². The fourth-order valence-corrected chi connectivity index (χ4v) is 3.22. The zero-order valence-corrected chi connectivity index (χ0v) is 14.0. The molecule has 2 heterocycles. The molecule has 0 radical (unpaired) electrons. The highest BCUT2D eigenvalue weighted by atomic mass is 16.5. The summed E-state index contributed by atoms with van der Waals surface area (Å²) in [7, 11) is 1.64. The molecule has 1 aromatic carbocycles. The monoisotopic (exact) mass is 334 g/mol. The van der Waals surface area contributed by atoms with E-state index < -0.39 is 0 Å². The Balaban J connectivity index is 1.76. The van der Waals surface area contributed by atoms with Crippen molar-refractivity contribution in [3.63, 3.8) is 0 Å². The highest BCUT2D eigenvalue weighted by Gasteiger charge is 2.28. The lowest BCUT2D eigenvalue weighted by molar-refractivity contribution is 0.0971. The Labute approximate surface area is 145 Å². The number of methoxy groups -OCH3 is 1. The molecule has 1 aliphatic carbocycles. The van der Waals surface area contributed by atoms with Gasteiger partial charge in [0.1, 0.15) is 5.75 Å². The summed E-state index contributed by atoms with van der Waals surface area (Å²) in [4.78, 5) is 21.1. The van der Waals surface area contributed by atoms with E-state index in [-0.39, 0.29) is 5.78 Å². The molecule has 0 N–H and O–H groups in total. The molecule has 6 heteroatoms. The average molecular weight is 334 g/mol. The third-order valence-electron chi connectivity index (χ3n) is 4.42. The first-order valence-corrected chi connectivity index (χ1v) is 8.30. The average Bonchev–Trinajstić information content (AvgIpc) is 3.03. The van der Waals surface area contributed by atoms with Gasteiger partial charge in [-0.25, -0.2) is 14.6 Å². The first-order chi connectivity index (χ1) is 12.3. The second-order valence-corrected chi connectivity index (χ2v) is 6.03. The van der Waals surface area contributed by atoms with Crippen molar-refractivity contribution in [3.8, 4) is 11.7 Å². The van der Waals surface area contributed by atoms with Gasteiger partial charge < -0.3 is 4.74 Å². The lowest BCUT2D eigenvalue weighted by Gasteiger charge is -2.12. The summed E-state index contributed by atoms with van der Waals surface area (Å²) < 4.78 is 6.93. The molecule has 4 rings (SSSR count). The topological polar surface area (TPSA) is 69.9 Å². The summed E-state index contributed by atoms with van der Waals surface area (Å²) in [6, 6.07) is 9.60. The normalized spacial score (nSPS) is 13.6. The van der Waals surface area contributed by atoms with E-state index in [0.717, 1.165) is 41.1 Å². The minimum Gasteiger partial charge on any atom is -0.497 e. The van der Waals surface area contributed by atoms with Crippen molar-refractivity contribution >= 4 is 5.78 Å². The first kappa shape index (κ1) is 15.5. The number of rotatable bonds is 4. The van der Waals surface area contributed by atoms with E-state index >= 15 is 0 Å². The molecule has 0 aliphatic heterocycles. The number of fused-ring (bicyclic) bond motifs is 1. The van der Waals surface area contributed by atoms with Gasteiger partial charge in [0.15, 0.2) is 5.78 Å². The van der Waals surface area contributed by atoms with Gasteiger partial charge in [-0.15, -0.1) is 0 Å². The summed E-state index contributed by atoms with van der Waals surface area (Å²) in [6.45, 7) is 0. The lowest BCUT2D eigenvalue weighted by Crippen LogP contribution is -2.14. The second-order valence-electron chi connectivity index (χ2n) is 6.03. The van der Waals surface area contributed by atoms with Crippen LogP contribution in [0.1, 0.15) is 40.2 Å². The predicted molar refractivity (Wildman–Crippen MR) is 92.2 cm³/mol. The Bertz CT molecular complexity index is 901. The van der Waals surface area contributed by atoms with E-state index in [2.05, 4.69) is 15.1 Å². The van der Waals surface area contributed by atoms with Crippen LogP contribution in [0.2, 0.25) is 0 Å². The van der Waals surface area contributed by atoms with Gasteiger partial charge in [0.2, 0.25) is 0 Å². The van der Waals surface area contributed by atoms with Crippen molar-refractivity contribution in [3.05, 3.63) is 65.2 Å². The van der Waals surface area contributed by atoms with Crippen molar-refractivity contribution < 1.29 is 9.53 Å². The third-order valence-corrected chi connectivity index (χ3v) is 4.42. The van der Waals surface area contributed by atoms with Crippen LogP contribution < -0.4 is 4.74 Å². The number of aromatic nitrogens is 4. The number of benzene rings is 1. The van der Waals surface area contributed by atoms with Crippen LogP contribution in [-0.4, -0.2) is 32.6 Å². The van der Waals surface area contributed by atoms with Crippen molar-refractivity contribution in [2.45, 2.75) is 25.7 Å². The smallest absolute Gasteiger partial charge is 0.250 e. The van der Waals surface area contributed by atoms with Gasteiger partial charge in [-0.3, -0.25) is 4.79 Å². The maximum Gasteiger partial charge on any atom is 0.250 e. The maximum absolute atomic E-state index is 12.5. The van der Waals surface area contributed by atoms with E-state index in [9.17, 15) is 4.79 Å². The predicted octanol–water partition coefficient (Wildman–Crippen LogP) is 2.78. The van der Waals surface area contributed by atoms with Crippen LogP contribution in [0, 0.1) is 0 Å². The maximum atomic E-state index is 12.5. The summed E-state index contributed by atoms with van der Waals surface area (Å²) in [5.74, 6) is 1.48. The van der Waals surface area contributed by atoms with Crippen LogP contribution in [0.5, 0.6) is 5.75 Å². The van der Waals surface area contributed by atoms with Crippen LogP contribution in [-0.2, 0) is 12.8 Å². The van der Waals surface area contributed by atoms with Crippen molar-refractivity contribution in [1.82, 2.24) is 19.7 Å². The molecule has 0 saturated heterocycles. The third kappa shape index (κ3) is 2.91. The summed E-state index contributed by atoms with van der Waals surface area (Å²) in [5.41, 5.74) is 3.54. The second kappa shape index (κ2) is 6.47. The van der Waals surface area contributed by atoms with Crippen molar-refractivity contribution in [1.29, 1.82) is 0 Å². The quantitative estimate of drug-likeness (QED) is 0.734. The molecule has 0 amide bonds. The fourth-order valence-electron chi connectivity index (χ4n) is 3.22. The van der Waals surface area contributed by atoms with Crippen molar-refractivity contribution in [2.24, 2.45) is 0 Å². The van der Waals surface area contributed by atoms with Gasteiger partial charge in [-0.1, -0.05) is 12.1 Å². The molecule has 0 unspecified atom stereocenters. The van der Waals surface area contributed by atoms with E-state index in [1.807, 2.05) is 24.3 Å². The molecular weight excluding hydrogens is 316 g/mol. The zero-order valence-electron chi connectivity index (χ0n) is 14.0. The van der Waals surface area contributed by atoms with Crippen LogP contribution >= 0.6 is 0 Å². The molecule has 126 valence electrons. The number of hydrogen-bond donors (Lipinski definition) is 0. The standard InChI is InChI=1S/C19H18N4O2/c1-25-14-8-6-13(7-9-14)12-15-18-16(4-2-5-17(18)24)23(22-15)19-20-10-3-11-21-19/h3,6-11H,2,4-5,12H2,1H3. The SMILES string of the molecule is COc1ccc(Cc2nn(-c3ncccn3)c3c2C(=O)CCC3)cc1. The molecule has 1 aliphatic rings. The van der Waals surface area contributed by atoms with Crippen LogP contribution in [0.25, 0.3) is 5.95 Å². The minimum atomic E-state index is 0.159. The highest BCUT2D eigenvalue weighted by molar-refractivity contribution is 5.99. The lowest BCUT2D eigenvalue weighted by atomic mass is 9.92. The van der Waals surface area contributed by atoms with E-state index in [0.29, 0.717) is 18.8 Å². The molecule has 0 atom stereocenters. The van der Waals surface area contributed by atoms with Crippen LogP contribution in [0.4, 0.5) is 0 Å². The molecule has 6 nitrogen and oxygen atoms in total. The Hall–Kier alpha value is -3.02. The van der Waals surface area contributed by atoms with E-state index in [4.69, 9.17) is 4.74 Å². The number of Topliss-reactive ketones (excluding diaryl/α,β-unsaturated/α-hetero) is 1. The summed E-state index contributed by atoms with van der Waals surface area (Å²) in [6.07, 6.45) is 6.19. The molecule has 3 aromatic rings. The van der Waals surface area contributed by atoms with Gasteiger partial charge in [0, 0.05) is 25.2 Å². The summed E-state index contributed by atoms with van der Waals surface area (Å²) in [5, 5.41) is 4.69. The number of carbonyl (C=O) groups excluding carboxylic acids is 1. The largest absolute Gasteiger partial charge is 0.497 e. The number of ether oxygens (including phenoxy) is 1. The Morgan fingerprint density at radius 2 is 1.88 bits per heavy atom. The Kier molecular flexibility index (Phi) is 4.01. The number of ketones is 1. The molecule has 0 fully saturated rings. The Morgan fingerprint density at radius 1 is 1.12 bits per heavy atom. The molecule has 2 aromatic heterocycles. The first-order valence-electron chi connectivity index (χ1n) is 8.30. The molecule has 0 saturated carbocycles. The zero-order chi connectivity index (χ0) is 17.2. The number of hydrogen-bond acceptors (Lipinski definition) is 5. The highest BCUT2D eigenvalue weighted by Crippen LogP contribution is 2.27. The van der Waals surface area contributed by atoms with Crippen LogP contribution in [0.15, 0.2) is 42.7 Å². The Morgan fingerprint density at radius 3 is 2.60 bits per heavy atom.